The van der Waals surface area contributed by atoms with Crippen LogP contribution < -0.4 is 0 Å². The molecule has 0 fully saturated rings. The predicted molar refractivity (Wildman–Crippen MR) is 368 cm³/mol. The first-order valence-electron chi connectivity index (χ1n) is 37.1. The summed E-state index contributed by atoms with van der Waals surface area (Å²) in [7, 11) is -9.91. The summed E-state index contributed by atoms with van der Waals surface area (Å²) < 4.78 is 68.2. The van der Waals surface area contributed by atoms with E-state index in [9.17, 15) is 43.2 Å². The summed E-state index contributed by atoms with van der Waals surface area (Å²) in [6, 6.07) is 0. The highest BCUT2D eigenvalue weighted by Crippen LogP contribution is 2.45. The molecule has 0 aliphatic heterocycles. The molecule has 2 unspecified atom stereocenters. The Balaban J connectivity index is 5.24. The second kappa shape index (κ2) is 66.2. The van der Waals surface area contributed by atoms with E-state index >= 15 is 0 Å². The van der Waals surface area contributed by atoms with E-state index in [0.29, 0.717) is 25.7 Å². The third-order valence-corrected chi connectivity index (χ3v) is 18.1. The number of carbonyl (C=O) groups is 4. The van der Waals surface area contributed by atoms with Gasteiger partial charge in [-0.05, 0) is 51.4 Å². The number of ether oxygens (including phenoxy) is 4. The van der Waals surface area contributed by atoms with Gasteiger partial charge in [0.1, 0.15) is 19.3 Å². The molecule has 0 saturated carbocycles. The third kappa shape index (κ3) is 66.0. The molecule has 0 saturated heterocycles. The number of rotatable bonds is 71. The Hall–Kier alpha value is -2.46. The van der Waals surface area contributed by atoms with Crippen LogP contribution in [0, 0.1) is 0 Å². The van der Waals surface area contributed by atoms with Gasteiger partial charge in [0.05, 0.1) is 26.4 Å². The summed E-state index contributed by atoms with van der Waals surface area (Å²) >= 11 is 0. The topological polar surface area (TPSA) is 237 Å². The van der Waals surface area contributed by atoms with Crippen molar-refractivity contribution in [2.45, 2.75) is 373 Å². The van der Waals surface area contributed by atoms with Crippen LogP contribution in [0.25, 0.3) is 0 Å². The van der Waals surface area contributed by atoms with Crippen molar-refractivity contribution in [1.29, 1.82) is 0 Å². The van der Waals surface area contributed by atoms with Gasteiger partial charge in [-0.3, -0.25) is 37.3 Å². The van der Waals surface area contributed by atoms with Crippen LogP contribution in [0.15, 0.2) is 24.3 Å². The van der Waals surface area contributed by atoms with E-state index in [2.05, 4.69) is 52.0 Å². The summed E-state index contributed by atoms with van der Waals surface area (Å²) in [5.74, 6) is -2.15. The summed E-state index contributed by atoms with van der Waals surface area (Å²) in [5, 5.41) is 10.6. The van der Waals surface area contributed by atoms with Crippen molar-refractivity contribution in [3.63, 3.8) is 0 Å². The van der Waals surface area contributed by atoms with Crippen molar-refractivity contribution in [1.82, 2.24) is 0 Å². The molecule has 0 bridgehead atoms. The second-order valence-electron chi connectivity index (χ2n) is 25.3. The molecule has 3 N–H and O–H groups in total. The lowest BCUT2D eigenvalue weighted by Gasteiger charge is -2.21. The SMILES string of the molecule is CCCCCC/C=C\C=C/CCCCCCCC(=O)O[C@H](COC(=O)CCCCCCCCCCCCCCCCC)COP(=O)(O)OC[C@@H](O)COP(=O)(O)OC[C@@H](COC(=O)CCCCCCCCC)OC(=O)CCCCCCCCCCCCCCCC. The van der Waals surface area contributed by atoms with Gasteiger partial charge >= 0.3 is 39.5 Å². The number of aliphatic hydroxyl groups is 1. The van der Waals surface area contributed by atoms with Crippen LogP contribution in [0.2, 0.25) is 0 Å². The molecule has 91 heavy (non-hydrogen) atoms. The Bertz CT molecular complexity index is 1830. The number of allylic oxidation sites excluding steroid dienone is 4. The maximum atomic E-state index is 13.0. The van der Waals surface area contributed by atoms with Crippen molar-refractivity contribution in [3.8, 4) is 0 Å². The fourth-order valence-corrected chi connectivity index (χ4v) is 12.1. The second-order valence-corrected chi connectivity index (χ2v) is 28.2. The summed E-state index contributed by atoms with van der Waals surface area (Å²) in [6.07, 6.45) is 57.7. The average molecular weight is 1340 g/mol. The van der Waals surface area contributed by atoms with Gasteiger partial charge in [-0.1, -0.05) is 302 Å². The Morgan fingerprint density at radius 2 is 0.527 bits per heavy atom. The lowest BCUT2D eigenvalue weighted by molar-refractivity contribution is -0.161. The molecule has 5 atom stereocenters. The van der Waals surface area contributed by atoms with Gasteiger partial charge in [0.15, 0.2) is 12.2 Å². The number of phosphoric ester groups is 2. The first kappa shape index (κ1) is 88.5. The number of hydrogen-bond donors (Lipinski definition) is 3. The Labute approximate surface area is 554 Å². The number of hydrogen-bond acceptors (Lipinski definition) is 15. The summed E-state index contributed by atoms with van der Waals surface area (Å²) in [6.45, 7) is 4.86. The number of aliphatic hydroxyl groups excluding tert-OH is 1. The zero-order chi connectivity index (χ0) is 66.8. The zero-order valence-electron chi connectivity index (χ0n) is 58.3. The fraction of sp³-hybridized carbons (Fsp3) is 0.889. The molecule has 0 aromatic rings. The maximum absolute atomic E-state index is 13.0. The minimum atomic E-state index is -4.96. The number of esters is 4. The van der Waals surface area contributed by atoms with Gasteiger partial charge in [-0.25, -0.2) is 9.13 Å². The Morgan fingerprint density at radius 1 is 0.308 bits per heavy atom. The van der Waals surface area contributed by atoms with Gasteiger partial charge in [0.2, 0.25) is 0 Å². The third-order valence-electron chi connectivity index (χ3n) is 16.2. The van der Waals surface area contributed by atoms with Crippen molar-refractivity contribution in [2.24, 2.45) is 0 Å². The minimum absolute atomic E-state index is 0.0859. The predicted octanol–water partition coefficient (Wildman–Crippen LogP) is 20.6. The first-order valence-corrected chi connectivity index (χ1v) is 40.1. The molecule has 0 amide bonds. The van der Waals surface area contributed by atoms with E-state index in [-0.39, 0.29) is 25.7 Å². The average Bonchev–Trinajstić information content (AvgIpc) is 3.74. The molecule has 0 aliphatic carbocycles. The largest absolute Gasteiger partial charge is 0.472 e. The van der Waals surface area contributed by atoms with Crippen LogP contribution in [0.4, 0.5) is 0 Å². The first-order chi connectivity index (χ1) is 44.2. The van der Waals surface area contributed by atoms with E-state index < -0.39 is 97.5 Å². The van der Waals surface area contributed by atoms with E-state index in [1.807, 2.05) is 0 Å². The lowest BCUT2D eigenvalue weighted by Crippen LogP contribution is -2.30. The molecular formula is C72H136O17P2. The van der Waals surface area contributed by atoms with E-state index in [1.165, 1.54) is 161 Å². The molecule has 0 aromatic heterocycles. The van der Waals surface area contributed by atoms with Crippen LogP contribution in [0.1, 0.15) is 355 Å². The number of unbranched alkanes of at least 4 members (excludes halogenated alkanes) is 42. The van der Waals surface area contributed by atoms with Gasteiger partial charge in [0, 0.05) is 25.7 Å². The molecule has 0 radical (unpaired) electrons. The Morgan fingerprint density at radius 3 is 0.802 bits per heavy atom. The number of carbonyl (C=O) groups excluding carboxylic acids is 4. The van der Waals surface area contributed by atoms with Crippen molar-refractivity contribution >= 4 is 39.5 Å². The zero-order valence-corrected chi connectivity index (χ0v) is 60.1. The molecule has 0 spiro atoms. The van der Waals surface area contributed by atoms with E-state index in [0.717, 1.165) is 116 Å². The van der Waals surface area contributed by atoms with Gasteiger partial charge in [-0.15, -0.1) is 0 Å². The molecule has 19 heteroatoms. The Kier molecular flexibility index (Phi) is 64.4. The quantitative estimate of drug-likeness (QED) is 0.0169. The lowest BCUT2D eigenvalue weighted by atomic mass is 10.0. The van der Waals surface area contributed by atoms with Gasteiger partial charge in [0.25, 0.3) is 0 Å². The highest BCUT2D eigenvalue weighted by atomic mass is 31.2. The molecule has 536 valence electrons. The summed E-state index contributed by atoms with van der Waals surface area (Å²) in [4.78, 5) is 72.5. The molecule has 17 nitrogen and oxygen atoms in total. The number of phosphoric acid groups is 2. The van der Waals surface area contributed by atoms with Crippen molar-refractivity contribution in [3.05, 3.63) is 24.3 Å². The van der Waals surface area contributed by atoms with Crippen LogP contribution in [-0.2, 0) is 65.4 Å². The van der Waals surface area contributed by atoms with Crippen molar-refractivity contribution < 1.29 is 80.2 Å². The molecule has 0 aromatic carbocycles. The fourth-order valence-electron chi connectivity index (χ4n) is 10.5. The minimum Gasteiger partial charge on any atom is -0.462 e. The highest BCUT2D eigenvalue weighted by molar-refractivity contribution is 7.47. The monoisotopic (exact) mass is 1330 g/mol. The molecule has 0 aliphatic rings. The molecule has 0 rings (SSSR count). The van der Waals surface area contributed by atoms with Crippen LogP contribution in [-0.4, -0.2) is 96.7 Å². The smallest absolute Gasteiger partial charge is 0.462 e. The normalized spacial score (nSPS) is 14.1. The maximum Gasteiger partial charge on any atom is 0.472 e. The van der Waals surface area contributed by atoms with Gasteiger partial charge < -0.3 is 33.8 Å². The van der Waals surface area contributed by atoms with Crippen LogP contribution >= 0.6 is 15.6 Å². The van der Waals surface area contributed by atoms with E-state index in [1.54, 1.807) is 0 Å². The van der Waals surface area contributed by atoms with Crippen LogP contribution in [0.3, 0.4) is 0 Å². The molecular weight excluding hydrogens is 1200 g/mol. The van der Waals surface area contributed by atoms with Crippen LogP contribution in [0.5, 0.6) is 0 Å². The van der Waals surface area contributed by atoms with E-state index in [4.69, 9.17) is 37.0 Å². The van der Waals surface area contributed by atoms with Crippen molar-refractivity contribution in [2.75, 3.05) is 39.6 Å². The highest BCUT2D eigenvalue weighted by Gasteiger charge is 2.30. The molecule has 0 heterocycles. The standard InChI is InChI=1S/C72H136O17P2/c1-5-9-13-17-21-24-27-30-33-36-38-41-45-49-53-57-70(75)83-63-68(89-72(77)59-55-51-47-43-40-37-34-31-28-25-22-18-14-10-6-2)65-87-91(80,81)85-61-66(73)60-84-90(78,79)86-64-67(62-82-69(74)56-52-48-44-20-16-12-8-4)88-71(76)58-54-50-46-42-39-35-32-29-26-23-19-15-11-7-3/h25,28,31,34,66-68,73H,5-24,26-27,29-30,32-33,35-65H2,1-4H3,(H,78,79)(H,80,81)/b28-25-,34-31-/t66-,67+,68+/m0/s1. The van der Waals surface area contributed by atoms with Gasteiger partial charge in [-0.2, -0.15) is 0 Å². The summed E-state index contributed by atoms with van der Waals surface area (Å²) in [5.41, 5.74) is 0.